The fourth-order valence-corrected chi connectivity index (χ4v) is 2.30. The van der Waals surface area contributed by atoms with Crippen LogP contribution in [0.4, 0.5) is 0 Å². The van der Waals surface area contributed by atoms with E-state index < -0.39 is 36.5 Å². The van der Waals surface area contributed by atoms with Gasteiger partial charge in [-0.25, -0.2) is 0 Å². The summed E-state index contributed by atoms with van der Waals surface area (Å²) in [5.74, 6) is -2.16. The maximum Gasteiger partial charge on any atom is 0.221 e. The van der Waals surface area contributed by atoms with Crippen molar-refractivity contribution in [2.75, 3.05) is 19.8 Å². The third-order valence-electron chi connectivity index (χ3n) is 3.10. The molecule has 17 heavy (non-hydrogen) atoms. The van der Waals surface area contributed by atoms with E-state index in [0.717, 1.165) is 0 Å². The average Bonchev–Trinajstić information content (AvgIpc) is 2.53. The molecule has 4 atom stereocenters. The van der Waals surface area contributed by atoms with Crippen molar-refractivity contribution in [1.82, 2.24) is 0 Å². The van der Waals surface area contributed by atoms with Gasteiger partial charge >= 0.3 is 0 Å². The molecule has 2 aliphatic heterocycles. The summed E-state index contributed by atoms with van der Waals surface area (Å²) in [6, 6.07) is 0. The van der Waals surface area contributed by atoms with Gasteiger partial charge in [0.1, 0.15) is 24.9 Å². The van der Waals surface area contributed by atoms with Crippen LogP contribution in [0.3, 0.4) is 0 Å². The smallest absolute Gasteiger partial charge is 0.221 e. The number of fused-ring (bicyclic) bond motifs is 1. The summed E-state index contributed by atoms with van der Waals surface area (Å²) < 4.78 is 22.0. The quantitative estimate of drug-likeness (QED) is 0.709. The van der Waals surface area contributed by atoms with Crippen molar-refractivity contribution in [3.05, 3.63) is 0 Å². The Morgan fingerprint density at radius 3 is 2.65 bits per heavy atom. The van der Waals surface area contributed by atoms with Gasteiger partial charge in [0.2, 0.25) is 5.79 Å². The molecule has 0 aliphatic carbocycles. The first-order valence-corrected chi connectivity index (χ1v) is 5.86. The van der Waals surface area contributed by atoms with Gasteiger partial charge in [-0.15, -0.1) is 0 Å². The Kier molecular flexibility index (Phi) is 3.46. The predicted molar refractivity (Wildman–Crippen MR) is 57.2 cm³/mol. The van der Waals surface area contributed by atoms with Crippen LogP contribution in [0.2, 0.25) is 0 Å². The fourth-order valence-electron chi connectivity index (χ4n) is 2.30. The van der Waals surface area contributed by atoms with Crippen LogP contribution < -0.4 is 0 Å². The van der Waals surface area contributed by atoms with Gasteiger partial charge < -0.3 is 29.2 Å². The van der Waals surface area contributed by atoms with E-state index in [2.05, 4.69) is 0 Å². The van der Waals surface area contributed by atoms with Gasteiger partial charge in [-0.2, -0.15) is 0 Å². The molecule has 0 saturated carbocycles. The Morgan fingerprint density at radius 1 is 1.35 bits per heavy atom. The lowest BCUT2D eigenvalue weighted by atomic mass is 10.0. The van der Waals surface area contributed by atoms with Crippen LogP contribution in [0.25, 0.3) is 0 Å². The lowest BCUT2D eigenvalue weighted by Gasteiger charge is -2.37. The van der Waals surface area contributed by atoms with Crippen molar-refractivity contribution in [2.24, 2.45) is 0 Å². The van der Waals surface area contributed by atoms with Crippen LogP contribution in [0.15, 0.2) is 0 Å². The molecule has 1 unspecified atom stereocenters. The van der Waals surface area contributed by atoms with Crippen molar-refractivity contribution in [1.29, 1.82) is 0 Å². The van der Waals surface area contributed by atoms with Gasteiger partial charge in [0.15, 0.2) is 5.79 Å². The van der Waals surface area contributed by atoms with Gasteiger partial charge in [0.05, 0.1) is 6.61 Å². The number of hydrogen-bond donors (Lipinski definition) is 2. The highest BCUT2D eigenvalue weighted by atomic mass is 16.8. The molecule has 0 aromatic carbocycles. The summed E-state index contributed by atoms with van der Waals surface area (Å²) in [7, 11) is 0. The lowest BCUT2D eigenvalue weighted by molar-refractivity contribution is -0.304. The zero-order chi connectivity index (χ0) is 12.7. The third-order valence-corrected chi connectivity index (χ3v) is 3.10. The Bertz CT molecular complexity index is 281. The summed E-state index contributed by atoms with van der Waals surface area (Å²) in [5.41, 5.74) is 0. The highest BCUT2D eigenvalue weighted by molar-refractivity contribution is 4.99. The lowest BCUT2D eigenvalue weighted by Crippen LogP contribution is -2.52. The van der Waals surface area contributed by atoms with Gasteiger partial charge in [-0.1, -0.05) is 0 Å². The summed E-state index contributed by atoms with van der Waals surface area (Å²) in [6.07, 6.45) is -1.99. The summed E-state index contributed by atoms with van der Waals surface area (Å²) in [6.45, 7) is 5.55. The number of aliphatic hydroxyl groups is 2. The molecule has 2 N–H and O–H groups in total. The third kappa shape index (κ3) is 2.21. The number of hydrogen-bond acceptors (Lipinski definition) is 6. The molecule has 0 radical (unpaired) electrons. The molecule has 2 heterocycles. The first-order chi connectivity index (χ1) is 7.94. The number of rotatable bonds is 3. The van der Waals surface area contributed by atoms with Crippen LogP contribution in [0.1, 0.15) is 20.8 Å². The molecule has 0 aromatic rings. The van der Waals surface area contributed by atoms with E-state index in [1.165, 1.54) is 0 Å². The Morgan fingerprint density at radius 2 is 2.06 bits per heavy atom. The van der Waals surface area contributed by atoms with Crippen LogP contribution in [-0.2, 0) is 18.9 Å². The van der Waals surface area contributed by atoms with Crippen molar-refractivity contribution < 1.29 is 29.2 Å². The van der Waals surface area contributed by atoms with Crippen molar-refractivity contribution in [3.8, 4) is 0 Å². The standard InChI is InChI=1S/C11H20O6/c1-4-14-11(6-12)9(13)8-7(16-11)5-15-10(2,3)17-8/h7-9,12-13H,4-6H2,1-3H3/t7-,8+,9-,11?/m0/s1. The molecule has 0 amide bonds. The topological polar surface area (TPSA) is 77.4 Å². The van der Waals surface area contributed by atoms with E-state index in [1.807, 2.05) is 0 Å². The normalized spacial score (nSPS) is 44.6. The van der Waals surface area contributed by atoms with Crippen LogP contribution >= 0.6 is 0 Å². The molecule has 2 aliphatic rings. The summed E-state index contributed by atoms with van der Waals surface area (Å²) in [5, 5.41) is 19.6. The molecule has 2 rings (SSSR count). The van der Waals surface area contributed by atoms with Gasteiger partial charge in [-0.3, -0.25) is 0 Å². The summed E-state index contributed by atoms with van der Waals surface area (Å²) >= 11 is 0. The Balaban J connectivity index is 2.16. The SMILES string of the molecule is CCOC1(CO)O[C@H]2COC(C)(C)O[C@H]2[C@@H]1O. The highest BCUT2D eigenvalue weighted by Crippen LogP contribution is 2.39. The first-order valence-electron chi connectivity index (χ1n) is 5.86. The van der Waals surface area contributed by atoms with Gasteiger partial charge in [-0.05, 0) is 20.8 Å². The highest BCUT2D eigenvalue weighted by Gasteiger charge is 2.59. The first kappa shape index (κ1) is 13.2. The zero-order valence-corrected chi connectivity index (χ0v) is 10.4. The molecule has 6 heteroatoms. The minimum Gasteiger partial charge on any atom is -0.391 e. The number of aliphatic hydroxyl groups excluding tert-OH is 2. The molecular formula is C11H20O6. The van der Waals surface area contributed by atoms with Crippen molar-refractivity contribution >= 4 is 0 Å². The minimum absolute atomic E-state index is 0.309. The second-order valence-electron chi connectivity index (χ2n) is 4.80. The molecule has 0 spiro atoms. The molecule has 0 aromatic heterocycles. The fraction of sp³-hybridized carbons (Fsp3) is 1.00. The molecule has 2 fully saturated rings. The Labute approximate surface area is 100 Å². The monoisotopic (exact) mass is 248 g/mol. The van der Waals surface area contributed by atoms with Crippen LogP contribution in [0.5, 0.6) is 0 Å². The molecule has 2 saturated heterocycles. The van der Waals surface area contributed by atoms with Gasteiger partial charge in [0, 0.05) is 6.61 Å². The second kappa shape index (κ2) is 4.46. The van der Waals surface area contributed by atoms with Crippen LogP contribution in [-0.4, -0.2) is 59.9 Å². The molecule has 0 bridgehead atoms. The van der Waals surface area contributed by atoms with E-state index in [-0.39, 0.29) is 0 Å². The zero-order valence-electron chi connectivity index (χ0n) is 10.4. The maximum absolute atomic E-state index is 10.2. The largest absolute Gasteiger partial charge is 0.391 e. The Hall–Kier alpha value is -0.240. The van der Waals surface area contributed by atoms with Crippen molar-refractivity contribution in [2.45, 2.75) is 50.7 Å². The second-order valence-corrected chi connectivity index (χ2v) is 4.80. The van der Waals surface area contributed by atoms with E-state index in [1.54, 1.807) is 20.8 Å². The van der Waals surface area contributed by atoms with Crippen molar-refractivity contribution in [3.63, 3.8) is 0 Å². The number of ether oxygens (including phenoxy) is 4. The predicted octanol–water partition coefficient (Wildman–Crippen LogP) is -0.377. The average molecular weight is 248 g/mol. The van der Waals surface area contributed by atoms with E-state index in [4.69, 9.17) is 18.9 Å². The maximum atomic E-state index is 10.2. The molecule has 6 nitrogen and oxygen atoms in total. The van der Waals surface area contributed by atoms with Gasteiger partial charge in [0.25, 0.3) is 0 Å². The minimum atomic E-state index is -1.39. The van der Waals surface area contributed by atoms with E-state index in [0.29, 0.717) is 13.2 Å². The summed E-state index contributed by atoms with van der Waals surface area (Å²) in [4.78, 5) is 0. The van der Waals surface area contributed by atoms with E-state index in [9.17, 15) is 10.2 Å². The van der Waals surface area contributed by atoms with Crippen LogP contribution in [0, 0.1) is 0 Å². The molecule has 100 valence electrons. The van der Waals surface area contributed by atoms with E-state index >= 15 is 0 Å². The molecular weight excluding hydrogens is 228 g/mol.